The maximum absolute atomic E-state index is 14.6. The lowest BCUT2D eigenvalue weighted by molar-refractivity contribution is -0.132. The number of carboxylic acid groups (broad SMARTS) is 1. The van der Waals surface area contributed by atoms with Crippen molar-refractivity contribution < 1.29 is 37.4 Å². The fraction of sp³-hybridized carbons (Fsp3) is 0.471. The van der Waals surface area contributed by atoms with E-state index >= 15 is 0 Å². The van der Waals surface area contributed by atoms with Crippen molar-refractivity contribution in [2.24, 2.45) is 0 Å². The van der Waals surface area contributed by atoms with Gasteiger partial charge in [-0.3, -0.25) is 9.69 Å². The first-order valence-electron chi connectivity index (χ1n) is 8.82. The minimum atomic E-state index is -3.16. The minimum Gasteiger partial charge on any atom is -0.465 e. The minimum absolute atomic E-state index is 0.0293. The first kappa shape index (κ1) is 20.6. The Bertz CT molecular complexity index is 801. The zero-order valence-corrected chi connectivity index (χ0v) is 15.2. The second kappa shape index (κ2) is 8.45. The third kappa shape index (κ3) is 4.63. The number of carbonyl (C=O) groups is 3. The first-order valence-corrected chi connectivity index (χ1v) is 8.82. The number of carbonyl (C=O) groups excluding carboxylic acids is 2. The first-order chi connectivity index (χ1) is 13.8. The van der Waals surface area contributed by atoms with E-state index in [1.807, 2.05) is 5.32 Å². The van der Waals surface area contributed by atoms with Crippen molar-refractivity contribution in [1.29, 1.82) is 0 Å². The van der Waals surface area contributed by atoms with Crippen molar-refractivity contribution in [3.63, 3.8) is 0 Å². The zero-order chi connectivity index (χ0) is 21.1. The van der Waals surface area contributed by atoms with Gasteiger partial charge in [-0.2, -0.15) is 8.78 Å². The summed E-state index contributed by atoms with van der Waals surface area (Å²) >= 11 is 0. The van der Waals surface area contributed by atoms with E-state index in [4.69, 9.17) is 9.84 Å². The highest BCUT2D eigenvalue weighted by atomic mass is 19.3. The van der Waals surface area contributed by atoms with Crippen molar-refractivity contribution in [2.75, 3.05) is 49.1 Å². The van der Waals surface area contributed by atoms with Gasteiger partial charge in [0.2, 0.25) is 0 Å². The molecule has 2 N–H and O–H groups in total. The molecule has 1 unspecified atom stereocenters. The van der Waals surface area contributed by atoms with Gasteiger partial charge in [-0.25, -0.2) is 14.0 Å². The Hall–Kier alpha value is -3.18. The second-order valence-electron chi connectivity index (χ2n) is 6.55. The predicted octanol–water partition coefficient (Wildman–Crippen LogP) is 1.33. The summed E-state index contributed by atoms with van der Waals surface area (Å²) in [5.41, 5.74) is 0.509. The monoisotopic (exact) mass is 416 g/mol. The van der Waals surface area contributed by atoms with Gasteiger partial charge in [0.05, 0.1) is 24.5 Å². The molecule has 12 heteroatoms. The van der Waals surface area contributed by atoms with E-state index in [9.17, 15) is 27.6 Å². The summed E-state index contributed by atoms with van der Waals surface area (Å²) in [6.45, 7) is 0.862. The van der Waals surface area contributed by atoms with Crippen LogP contribution < -0.4 is 15.1 Å². The number of alkyl halides is 2. The van der Waals surface area contributed by atoms with Crippen LogP contribution in [0.5, 0.6) is 0 Å². The van der Waals surface area contributed by atoms with Crippen LogP contribution in [-0.4, -0.2) is 79.9 Å². The summed E-state index contributed by atoms with van der Waals surface area (Å²) in [6, 6.07) is 4.16. The molecule has 2 heterocycles. The van der Waals surface area contributed by atoms with Crippen molar-refractivity contribution in [2.45, 2.75) is 12.5 Å². The smallest absolute Gasteiger partial charge is 0.414 e. The molecule has 3 amide bonds. The van der Waals surface area contributed by atoms with Crippen LogP contribution in [-0.2, 0) is 9.53 Å². The third-order valence-corrected chi connectivity index (χ3v) is 4.71. The van der Waals surface area contributed by atoms with Crippen LogP contribution in [0.2, 0.25) is 0 Å². The summed E-state index contributed by atoms with van der Waals surface area (Å²) in [5.74, 6) is -2.05. The molecule has 2 aliphatic rings. The molecule has 1 atom stereocenters. The molecule has 1 aromatic rings. The highest BCUT2D eigenvalue weighted by molar-refractivity contribution is 5.90. The van der Waals surface area contributed by atoms with Gasteiger partial charge in [0.15, 0.2) is 0 Å². The number of cyclic esters (lactones) is 1. The molecule has 2 saturated heterocycles. The Morgan fingerprint density at radius 3 is 2.52 bits per heavy atom. The summed E-state index contributed by atoms with van der Waals surface area (Å²) in [7, 11) is 0. The number of piperazine rings is 1. The van der Waals surface area contributed by atoms with Crippen LogP contribution >= 0.6 is 0 Å². The van der Waals surface area contributed by atoms with Crippen molar-refractivity contribution in [1.82, 2.24) is 10.2 Å². The number of rotatable bonds is 5. The molecule has 0 saturated carbocycles. The SMILES string of the molecule is O=C(NCC1CN(c2ccc(N3CCN(C(=O)O)CC3)c(F)c2)C(=O)O1)C(F)F. The van der Waals surface area contributed by atoms with Crippen LogP contribution in [0.4, 0.5) is 34.1 Å². The maximum Gasteiger partial charge on any atom is 0.414 e. The van der Waals surface area contributed by atoms with Crippen LogP contribution in [0.15, 0.2) is 18.2 Å². The predicted molar refractivity (Wildman–Crippen MR) is 94.8 cm³/mol. The van der Waals surface area contributed by atoms with E-state index in [1.54, 1.807) is 4.90 Å². The Labute approximate surface area is 163 Å². The molecule has 3 rings (SSSR count). The highest BCUT2D eigenvalue weighted by Crippen LogP contribution is 2.28. The average molecular weight is 416 g/mol. The summed E-state index contributed by atoms with van der Waals surface area (Å²) in [5, 5.41) is 10.9. The Kier molecular flexibility index (Phi) is 5.99. The lowest BCUT2D eigenvalue weighted by Crippen LogP contribution is -2.48. The van der Waals surface area contributed by atoms with Gasteiger partial charge in [-0.1, -0.05) is 0 Å². The molecule has 1 aromatic carbocycles. The molecule has 2 aliphatic heterocycles. The molecule has 0 aromatic heterocycles. The van der Waals surface area contributed by atoms with Gasteiger partial charge in [0, 0.05) is 26.2 Å². The second-order valence-corrected chi connectivity index (χ2v) is 6.55. The van der Waals surface area contributed by atoms with Crippen molar-refractivity contribution in [3.05, 3.63) is 24.0 Å². The van der Waals surface area contributed by atoms with E-state index in [0.29, 0.717) is 13.1 Å². The normalized spacial score (nSPS) is 19.5. The van der Waals surface area contributed by atoms with Gasteiger partial charge in [-0.15, -0.1) is 0 Å². The van der Waals surface area contributed by atoms with Crippen LogP contribution in [0.25, 0.3) is 0 Å². The van der Waals surface area contributed by atoms with E-state index in [1.165, 1.54) is 17.0 Å². The molecular formula is C17H19F3N4O5. The van der Waals surface area contributed by atoms with Crippen LogP contribution in [0, 0.1) is 5.82 Å². The topological polar surface area (TPSA) is 102 Å². The number of hydrogen-bond acceptors (Lipinski definition) is 5. The highest BCUT2D eigenvalue weighted by Gasteiger charge is 2.33. The quantitative estimate of drug-likeness (QED) is 0.751. The molecule has 0 spiro atoms. The Balaban J connectivity index is 1.62. The van der Waals surface area contributed by atoms with Gasteiger partial charge in [0.25, 0.3) is 5.91 Å². The fourth-order valence-corrected chi connectivity index (χ4v) is 3.19. The molecule has 29 heavy (non-hydrogen) atoms. The van der Waals surface area contributed by atoms with Crippen molar-refractivity contribution in [3.8, 4) is 0 Å². The molecule has 9 nitrogen and oxygen atoms in total. The van der Waals surface area contributed by atoms with Crippen LogP contribution in [0.1, 0.15) is 0 Å². The number of benzene rings is 1. The number of amides is 3. The van der Waals surface area contributed by atoms with E-state index < -0.39 is 36.4 Å². The number of nitrogens with zero attached hydrogens (tertiary/aromatic N) is 3. The van der Waals surface area contributed by atoms with Crippen LogP contribution in [0.3, 0.4) is 0 Å². The summed E-state index contributed by atoms with van der Waals surface area (Å²) in [4.78, 5) is 38.0. The van der Waals surface area contributed by atoms with Gasteiger partial charge >= 0.3 is 18.6 Å². The van der Waals surface area contributed by atoms with E-state index in [-0.39, 0.29) is 37.6 Å². The van der Waals surface area contributed by atoms with Gasteiger partial charge in [-0.05, 0) is 18.2 Å². The van der Waals surface area contributed by atoms with E-state index in [2.05, 4.69) is 0 Å². The van der Waals surface area contributed by atoms with Gasteiger partial charge in [0.1, 0.15) is 11.9 Å². The molecule has 0 radical (unpaired) electrons. The summed E-state index contributed by atoms with van der Waals surface area (Å²) in [6.07, 6.45) is -5.80. The third-order valence-electron chi connectivity index (χ3n) is 4.71. The molecular weight excluding hydrogens is 397 g/mol. The lowest BCUT2D eigenvalue weighted by atomic mass is 10.2. The number of ether oxygens (including phenoxy) is 1. The molecule has 0 aliphatic carbocycles. The fourth-order valence-electron chi connectivity index (χ4n) is 3.19. The van der Waals surface area contributed by atoms with Gasteiger partial charge < -0.3 is 25.0 Å². The number of halogens is 3. The number of hydrogen-bond donors (Lipinski definition) is 2. The number of anilines is 2. The summed E-state index contributed by atoms with van der Waals surface area (Å²) < 4.78 is 44.1. The number of nitrogens with one attached hydrogen (secondary N) is 1. The zero-order valence-electron chi connectivity index (χ0n) is 15.2. The largest absolute Gasteiger partial charge is 0.465 e. The Morgan fingerprint density at radius 1 is 1.24 bits per heavy atom. The standard InChI is InChI=1S/C17H19F3N4O5/c18-12-7-10(1-2-13(12)22-3-5-23(6-4-22)16(26)27)24-9-11(29-17(24)28)8-21-15(25)14(19)20/h1-2,7,11,14H,3-6,8-9H2,(H,21,25)(H,26,27). The average Bonchev–Trinajstić information content (AvgIpc) is 3.06. The Morgan fingerprint density at radius 2 is 1.93 bits per heavy atom. The maximum atomic E-state index is 14.6. The van der Waals surface area contributed by atoms with E-state index in [0.717, 1.165) is 11.0 Å². The molecule has 0 bridgehead atoms. The van der Waals surface area contributed by atoms with Crippen molar-refractivity contribution >= 4 is 29.5 Å². The molecule has 2 fully saturated rings. The molecule has 158 valence electrons. The lowest BCUT2D eigenvalue weighted by Gasteiger charge is -2.34.